The van der Waals surface area contributed by atoms with Crippen LogP contribution in [0.4, 0.5) is 16.2 Å². The van der Waals surface area contributed by atoms with E-state index in [1.165, 1.54) is 12.3 Å². The van der Waals surface area contributed by atoms with E-state index in [0.29, 0.717) is 22.8 Å². The number of benzene rings is 1. The average Bonchev–Trinajstić information content (AvgIpc) is 3.17. The highest BCUT2D eigenvalue weighted by Gasteiger charge is 2.15. The Hall–Kier alpha value is -3.81. The number of nitrogens with one attached hydrogen (secondary N) is 4. The second kappa shape index (κ2) is 8.26. The third-order valence-corrected chi connectivity index (χ3v) is 3.78. The molecule has 3 rings (SSSR count). The molecule has 3 aromatic rings. The molecule has 0 spiro atoms. The number of aromatic nitrogens is 1. The van der Waals surface area contributed by atoms with Crippen molar-refractivity contribution in [3.63, 3.8) is 0 Å². The highest BCUT2D eigenvalue weighted by atomic mass is 16.3. The van der Waals surface area contributed by atoms with Gasteiger partial charge in [-0.25, -0.2) is 4.79 Å². The van der Waals surface area contributed by atoms with E-state index >= 15 is 0 Å². The highest BCUT2D eigenvalue weighted by Crippen LogP contribution is 2.22. The Morgan fingerprint density at radius 3 is 2.29 bits per heavy atom. The van der Waals surface area contributed by atoms with Gasteiger partial charge in [-0.2, -0.15) is 0 Å². The Kier molecular flexibility index (Phi) is 5.59. The highest BCUT2D eigenvalue weighted by molar-refractivity contribution is 6.07. The van der Waals surface area contributed by atoms with Crippen molar-refractivity contribution in [2.45, 2.75) is 19.9 Å². The zero-order chi connectivity index (χ0) is 20.1. The summed E-state index contributed by atoms with van der Waals surface area (Å²) >= 11 is 0. The summed E-state index contributed by atoms with van der Waals surface area (Å²) in [7, 11) is 0. The number of urea groups is 1. The maximum Gasteiger partial charge on any atom is 0.319 e. The first kappa shape index (κ1) is 19.0. The van der Waals surface area contributed by atoms with Crippen LogP contribution in [-0.2, 0) is 0 Å². The summed E-state index contributed by atoms with van der Waals surface area (Å²) in [4.78, 5) is 39.4. The number of amides is 3. The maximum atomic E-state index is 12.6. The van der Waals surface area contributed by atoms with Crippen LogP contribution >= 0.6 is 0 Å². The quantitative estimate of drug-likeness (QED) is 0.543. The molecule has 0 bridgehead atoms. The molecule has 2 aromatic heterocycles. The summed E-state index contributed by atoms with van der Waals surface area (Å²) in [6.45, 7) is 3.68. The predicted molar refractivity (Wildman–Crippen MR) is 106 cm³/mol. The second-order valence-electron chi connectivity index (χ2n) is 6.34. The molecule has 0 atom stereocenters. The molecule has 0 aliphatic carbocycles. The van der Waals surface area contributed by atoms with Crippen LogP contribution in [0.2, 0.25) is 0 Å². The minimum absolute atomic E-state index is 0.0343. The molecule has 0 saturated heterocycles. The van der Waals surface area contributed by atoms with Crippen molar-refractivity contribution in [2.24, 2.45) is 0 Å². The van der Waals surface area contributed by atoms with E-state index in [1.54, 1.807) is 42.5 Å². The van der Waals surface area contributed by atoms with Gasteiger partial charge in [0.1, 0.15) is 11.3 Å². The van der Waals surface area contributed by atoms with E-state index in [4.69, 9.17) is 4.42 Å². The largest absolute Gasteiger partial charge is 0.463 e. The van der Waals surface area contributed by atoms with Gasteiger partial charge in [-0.3, -0.25) is 9.59 Å². The molecule has 144 valence electrons. The minimum Gasteiger partial charge on any atom is -0.463 e. The molecule has 8 nitrogen and oxygen atoms in total. The van der Waals surface area contributed by atoms with Gasteiger partial charge in [0.2, 0.25) is 0 Å². The Labute approximate surface area is 161 Å². The number of aromatic amines is 1. The molecule has 1 aromatic carbocycles. The van der Waals surface area contributed by atoms with Crippen molar-refractivity contribution >= 4 is 23.3 Å². The van der Waals surface area contributed by atoms with Crippen molar-refractivity contribution in [1.82, 2.24) is 10.3 Å². The summed E-state index contributed by atoms with van der Waals surface area (Å²) in [5.74, 6) is -0.0967. The molecule has 0 radical (unpaired) electrons. The van der Waals surface area contributed by atoms with Gasteiger partial charge in [-0.1, -0.05) is 12.1 Å². The van der Waals surface area contributed by atoms with Crippen LogP contribution in [0.25, 0.3) is 11.5 Å². The number of hydrogen-bond acceptors (Lipinski definition) is 4. The lowest BCUT2D eigenvalue weighted by atomic mass is 10.2. The first-order valence-electron chi connectivity index (χ1n) is 8.69. The van der Waals surface area contributed by atoms with Crippen molar-refractivity contribution in [3.05, 3.63) is 70.7 Å². The Balaban J connectivity index is 1.78. The molecule has 0 aliphatic rings. The standard InChI is InChI=1S/C20H20N4O4/c1-12(2)21-20(27)24-15-7-4-3-6-14(15)22-18(25)13-9-10-16(23-19(13)26)17-8-5-11-28-17/h3-12H,1-2H3,(H,22,25)(H,23,26)(H2,21,24,27). The number of anilines is 2. The van der Waals surface area contributed by atoms with Crippen LogP contribution in [0.5, 0.6) is 0 Å². The molecule has 8 heteroatoms. The molecule has 28 heavy (non-hydrogen) atoms. The van der Waals surface area contributed by atoms with Gasteiger partial charge in [0, 0.05) is 6.04 Å². The first-order valence-corrected chi connectivity index (χ1v) is 8.69. The number of furan rings is 1. The van der Waals surface area contributed by atoms with Crippen LogP contribution in [-0.4, -0.2) is 23.0 Å². The van der Waals surface area contributed by atoms with Gasteiger partial charge >= 0.3 is 6.03 Å². The van der Waals surface area contributed by atoms with Crippen LogP contribution in [0.15, 0.2) is 64.0 Å². The van der Waals surface area contributed by atoms with Crippen molar-refractivity contribution < 1.29 is 14.0 Å². The van der Waals surface area contributed by atoms with Crippen molar-refractivity contribution in [1.29, 1.82) is 0 Å². The smallest absolute Gasteiger partial charge is 0.319 e. The summed E-state index contributed by atoms with van der Waals surface area (Å²) in [5.41, 5.74) is 0.656. The fraction of sp³-hybridized carbons (Fsp3) is 0.150. The third kappa shape index (κ3) is 4.47. The zero-order valence-electron chi connectivity index (χ0n) is 15.4. The van der Waals surface area contributed by atoms with Crippen LogP contribution in [0, 0.1) is 0 Å². The predicted octanol–water partition coefficient (Wildman–Crippen LogP) is 3.42. The lowest BCUT2D eigenvalue weighted by Gasteiger charge is -2.14. The maximum absolute atomic E-state index is 12.6. The van der Waals surface area contributed by atoms with Gasteiger partial charge in [0.25, 0.3) is 11.5 Å². The summed E-state index contributed by atoms with van der Waals surface area (Å²) in [6.07, 6.45) is 1.49. The van der Waals surface area contributed by atoms with Gasteiger partial charge in [0.15, 0.2) is 0 Å². The lowest BCUT2D eigenvalue weighted by Crippen LogP contribution is -2.34. The lowest BCUT2D eigenvalue weighted by molar-refractivity contribution is 0.102. The van der Waals surface area contributed by atoms with E-state index in [9.17, 15) is 14.4 Å². The number of hydrogen-bond donors (Lipinski definition) is 4. The van der Waals surface area contributed by atoms with E-state index in [2.05, 4.69) is 20.9 Å². The number of carbonyl (C=O) groups excluding carboxylic acids is 2. The number of pyridine rings is 1. The van der Waals surface area contributed by atoms with Crippen LogP contribution in [0.1, 0.15) is 24.2 Å². The number of para-hydroxylation sites is 2. The van der Waals surface area contributed by atoms with E-state index < -0.39 is 17.5 Å². The molecule has 2 heterocycles. The van der Waals surface area contributed by atoms with Gasteiger partial charge in [-0.05, 0) is 50.2 Å². The topological polar surface area (TPSA) is 116 Å². The Morgan fingerprint density at radius 1 is 0.964 bits per heavy atom. The average molecular weight is 380 g/mol. The molecular formula is C20H20N4O4. The third-order valence-electron chi connectivity index (χ3n) is 3.78. The molecule has 0 aliphatic heterocycles. The van der Waals surface area contributed by atoms with Gasteiger partial charge < -0.3 is 25.4 Å². The molecular weight excluding hydrogens is 360 g/mol. The summed E-state index contributed by atoms with van der Waals surface area (Å²) in [5, 5.41) is 8.04. The van der Waals surface area contributed by atoms with Crippen LogP contribution < -0.4 is 21.5 Å². The molecule has 0 fully saturated rings. The van der Waals surface area contributed by atoms with Gasteiger partial charge in [0.05, 0.1) is 23.3 Å². The van der Waals surface area contributed by atoms with E-state index in [-0.39, 0.29) is 11.6 Å². The normalized spacial score (nSPS) is 10.5. The molecule has 0 saturated carbocycles. The zero-order valence-corrected chi connectivity index (χ0v) is 15.4. The minimum atomic E-state index is -0.592. The fourth-order valence-corrected chi connectivity index (χ4v) is 2.54. The molecule has 0 unspecified atom stereocenters. The number of carbonyl (C=O) groups is 2. The molecule has 4 N–H and O–H groups in total. The molecule has 3 amide bonds. The second-order valence-corrected chi connectivity index (χ2v) is 6.34. The Morgan fingerprint density at radius 2 is 1.68 bits per heavy atom. The van der Waals surface area contributed by atoms with Crippen molar-refractivity contribution in [2.75, 3.05) is 10.6 Å². The van der Waals surface area contributed by atoms with E-state index in [0.717, 1.165) is 0 Å². The number of H-pyrrole nitrogens is 1. The van der Waals surface area contributed by atoms with Crippen LogP contribution in [0.3, 0.4) is 0 Å². The first-order chi connectivity index (χ1) is 13.4. The van der Waals surface area contributed by atoms with Crippen molar-refractivity contribution in [3.8, 4) is 11.5 Å². The monoisotopic (exact) mass is 380 g/mol. The number of rotatable bonds is 5. The Bertz CT molecular complexity index is 1040. The SMILES string of the molecule is CC(C)NC(=O)Nc1ccccc1NC(=O)c1ccc(-c2ccco2)[nH]c1=O. The fourth-order valence-electron chi connectivity index (χ4n) is 2.54. The summed E-state index contributed by atoms with van der Waals surface area (Å²) in [6, 6.07) is 12.7. The van der Waals surface area contributed by atoms with E-state index in [1.807, 2.05) is 13.8 Å². The summed E-state index contributed by atoms with van der Waals surface area (Å²) < 4.78 is 5.23. The van der Waals surface area contributed by atoms with Gasteiger partial charge in [-0.15, -0.1) is 0 Å².